The van der Waals surface area contributed by atoms with Gasteiger partial charge in [-0.3, -0.25) is 4.79 Å². The Kier molecular flexibility index (Phi) is 5.93. The molecule has 0 saturated carbocycles. The van der Waals surface area contributed by atoms with Crippen molar-refractivity contribution in [2.75, 3.05) is 20.6 Å². The van der Waals surface area contributed by atoms with Crippen molar-refractivity contribution in [2.24, 2.45) is 0 Å². The summed E-state index contributed by atoms with van der Waals surface area (Å²) in [5.74, 6) is 1.36. The summed E-state index contributed by atoms with van der Waals surface area (Å²) in [6, 6.07) is 8.71. The summed E-state index contributed by atoms with van der Waals surface area (Å²) in [6.07, 6.45) is 1.32. The molecule has 0 aliphatic rings. The highest BCUT2D eigenvalue weighted by molar-refractivity contribution is 5.75. The van der Waals surface area contributed by atoms with Gasteiger partial charge < -0.3 is 14.6 Å². The smallest absolute Gasteiger partial charge is 0.222 e. The van der Waals surface area contributed by atoms with Crippen LogP contribution in [-0.2, 0) is 11.3 Å². The van der Waals surface area contributed by atoms with Crippen LogP contribution < -0.4 is 5.32 Å². The number of carbonyl (C=O) groups excluding carboxylic acids is 1. The number of halogens is 1. The quantitative estimate of drug-likeness (QED) is 0.796. The minimum atomic E-state index is -0.232. The largest absolute Gasteiger partial charge is 0.460 e. The van der Waals surface area contributed by atoms with E-state index in [0.29, 0.717) is 24.3 Å². The van der Waals surface area contributed by atoms with Gasteiger partial charge in [-0.1, -0.05) is 12.1 Å². The summed E-state index contributed by atoms with van der Waals surface area (Å²) in [7, 11) is 3.52. The Bertz CT molecular complexity index is 665. The first kappa shape index (κ1) is 17.2. The minimum Gasteiger partial charge on any atom is -0.460 e. The summed E-state index contributed by atoms with van der Waals surface area (Å²) < 4.78 is 19.4. The molecule has 1 aromatic heterocycles. The van der Waals surface area contributed by atoms with E-state index in [4.69, 9.17) is 4.42 Å². The number of nitrogens with one attached hydrogen (secondary N) is 1. The summed E-state index contributed by atoms with van der Waals surface area (Å²) >= 11 is 0. The third kappa shape index (κ3) is 4.66. The van der Waals surface area contributed by atoms with E-state index in [2.05, 4.69) is 5.32 Å². The van der Waals surface area contributed by atoms with Gasteiger partial charge in [0.05, 0.1) is 6.54 Å². The van der Waals surface area contributed by atoms with E-state index in [9.17, 15) is 9.18 Å². The van der Waals surface area contributed by atoms with Gasteiger partial charge in [0.25, 0.3) is 0 Å². The van der Waals surface area contributed by atoms with Crippen LogP contribution in [0.15, 0.2) is 34.7 Å². The van der Waals surface area contributed by atoms with Crippen LogP contribution in [0.4, 0.5) is 4.39 Å². The molecule has 0 radical (unpaired) electrons. The van der Waals surface area contributed by atoms with Gasteiger partial charge in [-0.05, 0) is 43.7 Å². The fraction of sp³-hybridized carbons (Fsp3) is 0.389. The number of amides is 1. The molecule has 0 spiro atoms. The maximum atomic E-state index is 13.6. The number of furan rings is 1. The number of hydrogen-bond donors (Lipinski definition) is 1. The van der Waals surface area contributed by atoms with E-state index in [1.807, 2.05) is 18.2 Å². The summed E-state index contributed by atoms with van der Waals surface area (Å²) in [6.45, 7) is 3.08. The first-order valence-corrected chi connectivity index (χ1v) is 7.74. The topological polar surface area (TPSA) is 45.5 Å². The van der Waals surface area contributed by atoms with Crippen LogP contribution in [0.5, 0.6) is 0 Å². The van der Waals surface area contributed by atoms with Crippen molar-refractivity contribution < 1.29 is 13.6 Å². The molecule has 2 aromatic rings. The molecule has 23 heavy (non-hydrogen) atoms. The number of rotatable bonds is 7. The summed E-state index contributed by atoms with van der Waals surface area (Å²) in [4.78, 5) is 13.0. The lowest BCUT2D eigenvalue weighted by atomic mass is 10.1. The zero-order valence-corrected chi connectivity index (χ0v) is 13.9. The second-order valence-corrected chi connectivity index (χ2v) is 5.75. The fourth-order valence-electron chi connectivity index (χ4n) is 2.29. The van der Waals surface area contributed by atoms with Crippen molar-refractivity contribution in [1.29, 1.82) is 0 Å². The Labute approximate surface area is 136 Å². The van der Waals surface area contributed by atoms with Gasteiger partial charge in [0.2, 0.25) is 5.91 Å². The lowest BCUT2D eigenvalue weighted by Gasteiger charge is -2.09. The molecular weight excluding hydrogens is 295 g/mol. The lowest BCUT2D eigenvalue weighted by molar-refractivity contribution is -0.128. The molecule has 1 heterocycles. The zero-order valence-electron chi connectivity index (χ0n) is 13.9. The van der Waals surface area contributed by atoms with Crippen molar-refractivity contribution in [1.82, 2.24) is 10.2 Å². The summed E-state index contributed by atoms with van der Waals surface area (Å²) in [5.41, 5.74) is 1.36. The number of hydrogen-bond acceptors (Lipinski definition) is 3. The molecule has 2 rings (SSSR count). The van der Waals surface area contributed by atoms with Gasteiger partial charge in [0, 0.05) is 26.1 Å². The number of benzene rings is 1. The molecule has 0 unspecified atom stereocenters. The predicted octanol–water partition coefficient (Wildman–Crippen LogP) is 3.35. The monoisotopic (exact) mass is 318 g/mol. The molecule has 0 aliphatic heterocycles. The second kappa shape index (κ2) is 7.92. The lowest BCUT2D eigenvalue weighted by Crippen LogP contribution is -2.23. The molecule has 124 valence electrons. The predicted molar refractivity (Wildman–Crippen MR) is 88.5 cm³/mol. The standard InChI is InChI=1S/C18H23FN2O2/c1-13-15(6-4-7-16(13)19)17-10-9-14(23-17)12-20-11-5-8-18(22)21(2)3/h4,6-7,9-10,20H,5,8,11-12H2,1-3H3. The van der Waals surface area contributed by atoms with Gasteiger partial charge in [-0.25, -0.2) is 4.39 Å². The van der Waals surface area contributed by atoms with E-state index < -0.39 is 0 Å². The highest BCUT2D eigenvalue weighted by Crippen LogP contribution is 2.26. The third-order valence-corrected chi connectivity index (χ3v) is 3.74. The molecule has 1 N–H and O–H groups in total. The number of carbonyl (C=O) groups is 1. The van der Waals surface area contributed by atoms with Crippen molar-refractivity contribution in [3.63, 3.8) is 0 Å². The SMILES string of the molecule is Cc1c(F)cccc1-c1ccc(CNCCCC(=O)N(C)C)o1. The van der Waals surface area contributed by atoms with Crippen molar-refractivity contribution in [2.45, 2.75) is 26.3 Å². The molecule has 5 heteroatoms. The Hall–Kier alpha value is -2.14. The second-order valence-electron chi connectivity index (χ2n) is 5.75. The molecule has 0 fully saturated rings. The number of nitrogens with zero attached hydrogens (tertiary/aromatic N) is 1. The molecule has 0 bridgehead atoms. The maximum absolute atomic E-state index is 13.6. The maximum Gasteiger partial charge on any atom is 0.222 e. The average Bonchev–Trinajstić information content (AvgIpc) is 2.98. The van der Waals surface area contributed by atoms with E-state index in [0.717, 1.165) is 24.3 Å². The van der Waals surface area contributed by atoms with Crippen LogP contribution in [0.1, 0.15) is 24.2 Å². The molecule has 1 aromatic carbocycles. The van der Waals surface area contributed by atoms with Gasteiger partial charge in [-0.2, -0.15) is 0 Å². The van der Waals surface area contributed by atoms with Crippen molar-refractivity contribution in [3.8, 4) is 11.3 Å². The van der Waals surface area contributed by atoms with Crippen LogP contribution >= 0.6 is 0 Å². The highest BCUT2D eigenvalue weighted by Gasteiger charge is 2.10. The first-order chi connectivity index (χ1) is 11.0. The van der Waals surface area contributed by atoms with E-state index in [1.54, 1.807) is 32.0 Å². The van der Waals surface area contributed by atoms with Crippen LogP contribution in [-0.4, -0.2) is 31.4 Å². The minimum absolute atomic E-state index is 0.133. The van der Waals surface area contributed by atoms with E-state index >= 15 is 0 Å². The molecule has 1 amide bonds. The van der Waals surface area contributed by atoms with Gasteiger partial charge >= 0.3 is 0 Å². The van der Waals surface area contributed by atoms with Crippen LogP contribution in [0.2, 0.25) is 0 Å². The molecule has 4 nitrogen and oxygen atoms in total. The third-order valence-electron chi connectivity index (χ3n) is 3.74. The van der Waals surface area contributed by atoms with Gasteiger partial charge in [0.15, 0.2) is 0 Å². The van der Waals surface area contributed by atoms with Crippen LogP contribution in [0.25, 0.3) is 11.3 Å². The van der Waals surface area contributed by atoms with E-state index in [-0.39, 0.29) is 11.7 Å². The van der Waals surface area contributed by atoms with Crippen molar-refractivity contribution >= 4 is 5.91 Å². The molecule has 0 saturated heterocycles. The molecular formula is C18H23FN2O2. The summed E-state index contributed by atoms with van der Waals surface area (Å²) in [5, 5.41) is 3.25. The molecule has 0 aliphatic carbocycles. The average molecular weight is 318 g/mol. The molecule has 0 atom stereocenters. The Morgan fingerprint density at radius 2 is 2.04 bits per heavy atom. The highest BCUT2D eigenvalue weighted by atomic mass is 19.1. The Morgan fingerprint density at radius 3 is 2.78 bits per heavy atom. The Morgan fingerprint density at radius 1 is 1.26 bits per heavy atom. The van der Waals surface area contributed by atoms with Gasteiger partial charge in [0.1, 0.15) is 17.3 Å². The fourth-order valence-corrected chi connectivity index (χ4v) is 2.29. The first-order valence-electron chi connectivity index (χ1n) is 7.74. The normalized spacial score (nSPS) is 10.8. The van der Waals surface area contributed by atoms with Gasteiger partial charge in [-0.15, -0.1) is 0 Å². The van der Waals surface area contributed by atoms with Crippen LogP contribution in [0.3, 0.4) is 0 Å². The zero-order chi connectivity index (χ0) is 16.8. The van der Waals surface area contributed by atoms with Crippen LogP contribution in [0, 0.1) is 12.7 Å². The van der Waals surface area contributed by atoms with Crippen molar-refractivity contribution in [3.05, 3.63) is 47.5 Å². The van der Waals surface area contributed by atoms with E-state index in [1.165, 1.54) is 6.07 Å². The Balaban J connectivity index is 1.84.